The van der Waals surface area contributed by atoms with Crippen LogP contribution >= 0.6 is 0 Å². The van der Waals surface area contributed by atoms with Crippen molar-refractivity contribution in [3.05, 3.63) is 29.8 Å². The SMILES string of the molecule is CC(C)(C)OC(=O)NCCCC(=O)Nc1cccc(C(=O)O)c1. The van der Waals surface area contributed by atoms with E-state index >= 15 is 0 Å². The molecule has 7 heteroatoms. The monoisotopic (exact) mass is 322 g/mol. The van der Waals surface area contributed by atoms with E-state index in [1.807, 2.05) is 0 Å². The molecule has 0 aliphatic rings. The topological polar surface area (TPSA) is 105 Å². The fourth-order valence-corrected chi connectivity index (χ4v) is 1.71. The van der Waals surface area contributed by atoms with Gasteiger partial charge in [-0.2, -0.15) is 0 Å². The number of rotatable bonds is 6. The van der Waals surface area contributed by atoms with E-state index in [1.54, 1.807) is 32.9 Å². The van der Waals surface area contributed by atoms with Crippen LogP contribution in [0.4, 0.5) is 10.5 Å². The molecule has 0 aliphatic carbocycles. The summed E-state index contributed by atoms with van der Waals surface area (Å²) in [7, 11) is 0. The molecular weight excluding hydrogens is 300 g/mol. The number of hydrogen-bond acceptors (Lipinski definition) is 4. The van der Waals surface area contributed by atoms with E-state index in [-0.39, 0.29) is 17.9 Å². The molecule has 1 aromatic rings. The lowest BCUT2D eigenvalue weighted by atomic mass is 10.2. The first-order valence-electron chi connectivity index (χ1n) is 7.27. The minimum absolute atomic E-state index is 0.106. The Morgan fingerprint density at radius 2 is 1.91 bits per heavy atom. The number of carboxylic acids is 1. The highest BCUT2D eigenvalue weighted by Gasteiger charge is 2.15. The number of ether oxygens (including phenoxy) is 1. The van der Waals surface area contributed by atoms with Crippen LogP contribution in [0, 0.1) is 0 Å². The molecule has 1 aromatic carbocycles. The fraction of sp³-hybridized carbons (Fsp3) is 0.438. The van der Waals surface area contributed by atoms with Gasteiger partial charge in [-0.1, -0.05) is 6.07 Å². The van der Waals surface area contributed by atoms with Gasteiger partial charge in [0.15, 0.2) is 0 Å². The Balaban J connectivity index is 2.31. The molecule has 0 unspecified atom stereocenters. The molecule has 23 heavy (non-hydrogen) atoms. The Labute approximate surface area is 135 Å². The smallest absolute Gasteiger partial charge is 0.407 e. The molecule has 1 rings (SSSR count). The number of alkyl carbamates (subject to hydrolysis) is 1. The Morgan fingerprint density at radius 1 is 1.22 bits per heavy atom. The summed E-state index contributed by atoms with van der Waals surface area (Å²) in [6, 6.07) is 6.01. The van der Waals surface area contributed by atoms with Gasteiger partial charge in [0.2, 0.25) is 5.91 Å². The van der Waals surface area contributed by atoms with Crippen molar-refractivity contribution in [3.63, 3.8) is 0 Å². The minimum Gasteiger partial charge on any atom is -0.478 e. The van der Waals surface area contributed by atoms with Crippen LogP contribution < -0.4 is 10.6 Å². The van der Waals surface area contributed by atoms with Crippen molar-refractivity contribution >= 4 is 23.7 Å². The van der Waals surface area contributed by atoms with Crippen molar-refractivity contribution in [1.82, 2.24) is 5.32 Å². The molecule has 0 spiro atoms. The second kappa shape index (κ2) is 8.17. The van der Waals surface area contributed by atoms with Crippen LogP contribution in [-0.4, -0.2) is 35.2 Å². The molecule has 0 atom stereocenters. The molecule has 7 nitrogen and oxygen atoms in total. The quantitative estimate of drug-likeness (QED) is 0.698. The highest BCUT2D eigenvalue weighted by atomic mass is 16.6. The molecular formula is C16H22N2O5. The van der Waals surface area contributed by atoms with Crippen LogP contribution in [0.2, 0.25) is 0 Å². The lowest BCUT2D eigenvalue weighted by Crippen LogP contribution is -2.33. The van der Waals surface area contributed by atoms with Gasteiger partial charge in [-0.15, -0.1) is 0 Å². The molecule has 0 saturated heterocycles. The molecule has 0 heterocycles. The van der Waals surface area contributed by atoms with Crippen molar-refractivity contribution in [1.29, 1.82) is 0 Å². The van der Waals surface area contributed by atoms with Gasteiger partial charge in [0.1, 0.15) is 5.60 Å². The molecule has 126 valence electrons. The van der Waals surface area contributed by atoms with Gasteiger partial charge < -0.3 is 20.5 Å². The normalized spacial score (nSPS) is 10.7. The zero-order valence-electron chi connectivity index (χ0n) is 13.5. The predicted octanol–water partition coefficient (Wildman–Crippen LogP) is 2.63. The van der Waals surface area contributed by atoms with Gasteiger partial charge in [0.05, 0.1) is 5.56 Å². The summed E-state index contributed by atoms with van der Waals surface area (Å²) < 4.78 is 5.07. The number of carbonyl (C=O) groups excluding carboxylic acids is 2. The first-order chi connectivity index (χ1) is 10.7. The van der Waals surface area contributed by atoms with Gasteiger partial charge >= 0.3 is 12.1 Å². The number of amides is 2. The minimum atomic E-state index is -1.05. The maximum atomic E-state index is 11.8. The predicted molar refractivity (Wildman–Crippen MR) is 85.5 cm³/mol. The van der Waals surface area contributed by atoms with Gasteiger partial charge in [-0.05, 0) is 45.4 Å². The highest BCUT2D eigenvalue weighted by Crippen LogP contribution is 2.11. The first kappa shape index (κ1) is 18.5. The summed E-state index contributed by atoms with van der Waals surface area (Å²) >= 11 is 0. The summed E-state index contributed by atoms with van der Waals surface area (Å²) in [5.74, 6) is -1.30. The van der Waals surface area contributed by atoms with Gasteiger partial charge in [0.25, 0.3) is 0 Å². The lowest BCUT2D eigenvalue weighted by molar-refractivity contribution is -0.116. The number of carbonyl (C=O) groups is 3. The van der Waals surface area contributed by atoms with Crippen molar-refractivity contribution < 1.29 is 24.2 Å². The second-order valence-corrected chi connectivity index (χ2v) is 5.97. The number of nitrogens with one attached hydrogen (secondary N) is 2. The molecule has 0 fully saturated rings. The number of carboxylic acid groups (broad SMARTS) is 1. The number of aromatic carboxylic acids is 1. The fourth-order valence-electron chi connectivity index (χ4n) is 1.71. The van der Waals surface area contributed by atoms with E-state index in [9.17, 15) is 14.4 Å². The summed E-state index contributed by atoms with van der Waals surface area (Å²) in [6.45, 7) is 5.62. The molecule has 0 bridgehead atoms. The van der Waals surface area contributed by atoms with E-state index in [0.29, 0.717) is 18.7 Å². The lowest BCUT2D eigenvalue weighted by Gasteiger charge is -2.19. The Kier molecular flexibility index (Phi) is 6.56. The third-order valence-corrected chi connectivity index (χ3v) is 2.64. The van der Waals surface area contributed by atoms with Crippen LogP contribution in [0.15, 0.2) is 24.3 Å². The summed E-state index contributed by atoms with van der Waals surface area (Å²) in [4.78, 5) is 34.0. The molecule has 0 radical (unpaired) electrons. The van der Waals surface area contributed by atoms with E-state index in [0.717, 1.165) is 0 Å². The van der Waals surface area contributed by atoms with Crippen molar-refractivity contribution in [2.24, 2.45) is 0 Å². The van der Waals surface area contributed by atoms with Crippen LogP contribution in [0.25, 0.3) is 0 Å². The van der Waals surface area contributed by atoms with Crippen LogP contribution in [0.1, 0.15) is 44.0 Å². The molecule has 3 N–H and O–H groups in total. The number of benzene rings is 1. The largest absolute Gasteiger partial charge is 0.478 e. The Morgan fingerprint density at radius 3 is 2.52 bits per heavy atom. The Bertz CT molecular complexity index is 578. The maximum Gasteiger partial charge on any atom is 0.407 e. The second-order valence-electron chi connectivity index (χ2n) is 5.97. The van der Waals surface area contributed by atoms with Crippen molar-refractivity contribution in [2.45, 2.75) is 39.2 Å². The third-order valence-electron chi connectivity index (χ3n) is 2.64. The zero-order valence-corrected chi connectivity index (χ0v) is 13.5. The van der Waals surface area contributed by atoms with Crippen molar-refractivity contribution in [2.75, 3.05) is 11.9 Å². The summed E-state index contributed by atoms with van der Waals surface area (Å²) in [5, 5.41) is 14.1. The molecule has 2 amide bonds. The maximum absolute atomic E-state index is 11.8. The van der Waals surface area contributed by atoms with Crippen LogP contribution in [0.3, 0.4) is 0 Å². The molecule has 0 saturated carbocycles. The van der Waals surface area contributed by atoms with E-state index in [4.69, 9.17) is 9.84 Å². The first-order valence-corrected chi connectivity index (χ1v) is 7.27. The van der Waals surface area contributed by atoms with Crippen molar-refractivity contribution in [3.8, 4) is 0 Å². The van der Waals surface area contributed by atoms with Crippen LogP contribution in [-0.2, 0) is 9.53 Å². The summed E-state index contributed by atoms with van der Waals surface area (Å²) in [6.07, 6.45) is 0.128. The average molecular weight is 322 g/mol. The summed E-state index contributed by atoms with van der Waals surface area (Å²) in [5.41, 5.74) is -0.0271. The highest BCUT2D eigenvalue weighted by molar-refractivity contribution is 5.93. The van der Waals surface area contributed by atoms with E-state index in [1.165, 1.54) is 12.1 Å². The standard InChI is InChI=1S/C16H22N2O5/c1-16(2,3)23-15(22)17-9-5-8-13(19)18-12-7-4-6-11(10-12)14(20)21/h4,6-7,10H,5,8-9H2,1-3H3,(H,17,22)(H,18,19)(H,20,21). The number of hydrogen-bond donors (Lipinski definition) is 3. The zero-order chi connectivity index (χ0) is 17.5. The third kappa shape index (κ3) is 7.85. The average Bonchev–Trinajstić information content (AvgIpc) is 2.42. The Hall–Kier alpha value is -2.57. The number of anilines is 1. The van der Waals surface area contributed by atoms with Gasteiger partial charge in [-0.25, -0.2) is 9.59 Å². The molecule has 0 aliphatic heterocycles. The van der Waals surface area contributed by atoms with E-state index < -0.39 is 17.7 Å². The molecule has 0 aromatic heterocycles. The van der Waals surface area contributed by atoms with E-state index in [2.05, 4.69) is 10.6 Å². The van der Waals surface area contributed by atoms with Gasteiger partial charge in [0, 0.05) is 18.7 Å². The van der Waals surface area contributed by atoms with Gasteiger partial charge in [-0.3, -0.25) is 4.79 Å². The van der Waals surface area contributed by atoms with Crippen LogP contribution in [0.5, 0.6) is 0 Å².